The third-order valence-electron chi connectivity index (χ3n) is 6.16. The van der Waals surface area contributed by atoms with E-state index in [1.165, 1.54) is 9.91 Å². The Morgan fingerprint density at radius 3 is 2.53 bits per heavy atom. The van der Waals surface area contributed by atoms with Crippen LogP contribution >= 0.6 is 0 Å². The minimum atomic E-state index is -1.04. The molecule has 2 saturated heterocycles. The van der Waals surface area contributed by atoms with E-state index in [2.05, 4.69) is 5.32 Å². The van der Waals surface area contributed by atoms with E-state index in [0.717, 1.165) is 18.4 Å². The van der Waals surface area contributed by atoms with Crippen LogP contribution in [0.1, 0.15) is 38.2 Å². The zero-order chi connectivity index (χ0) is 24.8. The van der Waals surface area contributed by atoms with Crippen molar-refractivity contribution in [1.82, 2.24) is 25.1 Å². The summed E-state index contributed by atoms with van der Waals surface area (Å²) in [5.41, 5.74) is 0.879. The van der Waals surface area contributed by atoms with Crippen LogP contribution < -0.4 is 10.1 Å². The number of hydrazine groups is 1. The number of carbonyl (C=O) groups is 4. The molecule has 2 aliphatic heterocycles. The Kier molecular flexibility index (Phi) is 8.32. The summed E-state index contributed by atoms with van der Waals surface area (Å²) in [6.45, 7) is 2.86. The molecule has 11 nitrogen and oxygen atoms in total. The monoisotopic (exact) mass is 475 g/mol. The molecule has 1 aromatic carbocycles. The fourth-order valence-corrected chi connectivity index (χ4v) is 4.39. The summed E-state index contributed by atoms with van der Waals surface area (Å²) in [5, 5.41) is 15.1. The smallest absolute Gasteiger partial charge is 0.334 e. The molecule has 2 heterocycles. The first-order chi connectivity index (χ1) is 16.3. The molecule has 3 rings (SSSR count). The van der Waals surface area contributed by atoms with Gasteiger partial charge in [0.25, 0.3) is 0 Å². The average Bonchev–Trinajstić information content (AvgIpc) is 2.81. The summed E-state index contributed by atoms with van der Waals surface area (Å²) in [5.74, 6) is -0.884. The Balaban J connectivity index is 1.81. The van der Waals surface area contributed by atoms with Gasteiger partial charge in [-0.05, 0) is 30.5 Å². The fraction of sp³-hybridized carbons (Fsp3) is 0.565. The molecule has 0 radical (unpaired) electrons. The molecule has 0 aliphatic carbocycles. The highest BCUT2D eigenvalue weighted by molar-refractivity contribution is 5.91. The number of fused-ring (bicyclic) bond motifs is 1. The predicted molar refractivity (Wildman–Crippen MR) is 122 cm³/mol. The number of likely N-dealkylation sites (N-methyl/N-ethyl adjacent to an activating group) is 1. The van der Waals surface area contributed by atoms with Gasteiger partial charge in [0.1, 0.15) is 18.0 Å². The normalized spacial score (nSPS) is 20.9. The first-order valence-corrected chi connectivity index (χ1v) is 11.5. The molecule has 2 N–H and O–H groups in total. The molecule has 0 aromatic heterocycles. The Labute approximate surface area is 199 Å². The molecule has 186 valence electrons. The lowest BCUT2D eigenvalue weighted by Crippen LogP contribution is -2.76. The van der Waals surface area contributed by atoms with Crippen LogP contribution in [-0.2, 0) is 20.9 Å². The highest BCUT2D eigenvalue weighted by Gasteiger charge is 2.50. The van der Waals surface area contributed by atoms with E-state index in [9.17, 15) is 24.3 Å². The summed E-state index contributed by atoms with van der Waals surface area (Å²) in [4.78, 5) is 53.6. The number of amides is 4. The number of rotatable bonds is 9. The Hall–Kier alpha value is -3.34. The first kappa shape index (κ1) is 25.3. The lowest BCUT2D eigenvalue weighted by Gasteiger charge is -2.54. The molecule has 34 heavy (non-hydrogen) atoms. The topological polar surface area (TPSA) is 123 Å². The maximum Gasteiger partial charge on any atom is 0.334 e. The van der Waals surface area contributed by atoms with E-state index < -0.39 is 24.2 Å². The van der Waals surface area contributed by atoms with Crippen LogP contribution in [0.15, 0.2) is 24.3 Å². The molecule has 1 unspecified atom stereocenters. The van der Waals surface area contributed by atoms with Gasteiger partial charge < -0.3 is 25.0 Å². The van der Waals surface area contributed by atoms with E-state index in [4.69, 9.17) is 4.74 Å². The minimum Gasteiger partial charge on any atom is -0.497 e. The first-order valence-electron chi connectivity index (χ1n) is 11.5. The molecule has 2 atom stereocenters. The SMILES string of the molecule is CCCCN1C[C@H]2N(C(=O)CN(C)N2C(=O)NCc2ccc(OC)cc2)C(CCC(=O)O)C1=O. The summed E-state index contributed by atoms with van der Waals surface area (Å²) in [6, 6.07) is 6.00. The van der Waals surface area contributed by atoms with Gasteiger partial charge in [-0.2, -0.15) is 0 Å². The number of carbonyl (C=O) groups excluding carboxylic acids is 3. The largest absolute Gasteiger partial charge is 0.497 e. The Morgan fingerprint density at radius 2 is 1.91 bits per heavy atom. The zero-order valence-electron chi connectivity index (χ0n) is 19.9. The van der Waals surface area contributed by atoms with E-state index in [-0.39, 0.29) is 44.3 Å². The van der Waals surface area contributed by atoms with Crippen molar-refractivity contribution in [3.8, 4) is 5.75 Å². The predicted octanol–water partition coefficient (Wildman–Crippen LogP) is 1.10. The van der Waals surface area contributed by atoms with E-state index in [1.807, 2.05) is 19.1 Å². The third-order valence-corrected chi connectivity index (χ3v) is 6.16. The van der Waals surface area contributed by atoms with Crippen molar-refractivity contribution >= 4 is 23.8 Å². The van der Waals surface area contributed by atoms with Gasteiger partial charge in [-0.25, -0.2) is 14.8 Å². The molecule has 11 heteroatoms. The van der Waals surface area contributed by atoms with Crippen LogP contribution in [0.5, 0.6) is 5.75 Å². The van der Waals surface area contributed by atoms with Crippen molar-refractivity contribution in [2.24, 2.45) is 0 Å². The summed E-state index contributed by atoms with van der Waals surface area (Å²) >= 11 is 0. The van der Waals surface area contributed by atoms with Crippen LogP contribution in [0, 0.1) is 0 Å². The van der Waals surface area contributed by atoms with Crippen LogP contribution in [0.2, 0.25) is 0 Å². The van der Waals surface area contributed by atoms with Crippen molar-refractivity contribution in [3.05, 3.63) is 29.8 Å². The second-order valence-corrected chi connectivity index (χ2v) is 8.53. The lowest BCUT2D eigenvalue weighted by atomic mass is 10.0. The highest BCUT2D eigenvalue weighted by atomic mass is 16.5. The summed E-state index contributed by atoms with van der Waals surface area (Å²) in [7, 11) is 3.24. The van der Waals surface area contributed by atoms with Crippen molar-refractivity contribution < 1.29 is 29.0 Å². The number of aliphatic carboxylic acids is 1. The van der Waals surface area contributed by atoms with Crippen LogP contribution in [0.4, 0.5) is 4.79 Å². The number of benzene rings is 1. The van der Waals surface area contributed by atoms with Gasteiger partial charge in [0.2, 0.25) is 11.8 Å². The molecule has 0 bridgehead atoms. The maximum atomic E-state index is 13.3. The molecular weight excluding hydrogens is 442 g/mol. The number of piperazine rings is 1. The number of urea groups is 1. The minimum absolute atomic E-state index is 0.00402. The van der Waals surface area contributed by atoms with Crippen molar-refractivity contribution in [2.45, 2.75) is 51.4 Å². The van der Waals surface area contributed by atoms with Gasteiger partial charge in [0.15, 0.2) is 0 Å². The number of nitrogens with one attached hydrogen (secondary N) is 1. The lowest BCUT2D eigenvalue weighted by molar-refractivity contribution is -0.187. The number of carboxylic acids is 1. The van der Waals surface area contributed by atoms with Gasteiger partial charge in [-0.3, -0.25) is 14.4 Å². The molecule has 2 fully saturated rings. The van der Waals surface area contributed by atoms with Gasteiger partial charge in [0.05, 0.1) is 20.2 Å². The van der Waals surface area contributed by atoms with Crippen molar-refractivity contribution in [3.63, 3.8) is 0 Å². The van der Waals surface area contributed by atoms with E-state index in [1.54, 1.807) is 36.2 Å². The molecular formula is C23H33N5O6. The summed E-state index contributed by atoms with van der Waals surface area (Å²) in [6.07, 6.45) is 0.703. The standard InChI is InChI=1S/C23H33N5O6/c1-4-5-12-26-14-19-27(18(22(26)32)10-11-21(30)31)20(29)15-25(2)28(19)23(33)24-13-16-6-8-17(34-3)9-7-16/h6-9,18-19H,4-5,10-15H2,1-3H3,(H,24,33)(H,30,31)/t18?,19-/m0/s1. The number of hydrogen-bond acceptors (Lipinski definition) is 6. The van der Waals surface area contributed by atoms with Crippen LogP contribution in [0.3, 0.4) is 0 Å². The number of hydrogen-bond donors (Lipinski definition) is 2. The number of methoxy groups -OCH3 is 1. The van der Waals surface area contributed by atoms with Crippen LogP contribution in [0.25, 0.3) is 0 Å². The maximum absolute atomic E-state index is 13.3. The number of carboxylic acid groups (broad SMARTS) is 1. The van der Waals surface area contributed by atoms with Crippen molar-refractivity contribution in [2.75, 3.05) is 33.8 Å². The second kappa shape index (κ2) is 11.2. The van der Waals surface area contributed by atoms with Gasteiger partial charge in [0, 0.05) is 26.6 Å². The Bertz CT molecular complexity index is 908. The molecule has 0 saturated carbocycles. The fourth-order valence-electron chi connectivity index (χ4n) is 4.39. The van der Waals surface area contributed by atoms with E-state index >= 15 is 0 Å². The molecule has 2 aliphatic rings. The van der Waals surface area contributed by atoms with E-state index in [0.29, 0.717) is 12.3 Å². The van der Waals surface area contributed by atoms with Gasteiger partial charge in [-0.1, -0.05) is 25.5 Å². The van der Waals surface area contributed by atoms with Gasteiger partial charge >= 0.3 is 12.0 Å². The molecule has 0 spiro atoms. The number of ether oxygens (including phenoxy) is 1. The quantitative estimate of drug-likeness (QED) is 0.548. The highest BCUT2D eigenvalue weighted by Crippen LogP contribution is 2.28. The molecule has 1 aromatic rings. The van der Waals surface area contributed by atoms with Gasteiger partial charge in [-0.15, -0.1) is 0 Å². The number of nitrogens with zero attached hydrogens (tertiary/aromatic N) is 4. The zero-order valence-corrected chi connectivity index (χ0v) is 19.9. The second-order valence-electron chi connectivity index (χ2n) is 8.53. The third kappa shape index (κ3) is 5.58. The average molecular weight is 476 g/mol. The van der Waals surface area contributed by atoms with Crippen molar-refractivity contribution in [1.29, 1.82) is 0 Å². The van der Waals surface area contributed by atoms with Crippen LogP contribution in [-0.4, -0.2) is 94.7 Å². The Morgan fingerprint density at radius 1 is 1.21 bits per heavy atom. The summed E-state index contributed by atoms with van der Waals surface area (Å²) < 4.78 is 5.16. The number of unbranched alkanes of at least 4 members (excludes halogenated alkanes) is 1. The molecule has 4 amide bonds.